The summed E-state index contributed by atoms with van der Waals surface area (Å²) >= 11 is 12.3. The molecule has 1 saturated heterocycles. The quantitative estimate of drug-likeness (QED) is 0.235. The molecule has 5 rings (SSSR count). The molecule has 2 atom stereocenters. The van der Waals surface area contributed by atoms with E-state index >= 15 is 0 Å². The van der Waals surface area contributed by atoms with Crippen molar-refractivity contribution in [3.8, 4) is 0 Å². The minimum Gasteiger partial charge on any atom is -0.390 e. The number of nitrogens with zero attached hydrogens (tertiary/aromatic N) is 1. The molecule has 0 radical (unpaired) electrons. The molecule has 1 saturated carbocycles. The number of rotatable bonds is 11. The summed E-state index contributed by atoms with van der Waals surface area (Å²) in [6.07, 6.45) is 5.25. The van der Waals surface area contributed by atoms with Crippen molar-refractivity contribution in [2.24, 2.45) is 0 Å². The summed E-state index contributed by atoms with van der Waals surface area (Å²) in [5.41, 5.74) is 3.83. The first kappa shape index (κ1) is 31.8. The van der Waals surface area contributed by atoms with Gasteiger partial charge in [0.25, 0.3) is 5.91 Å². The number of hydrogen-bond donors (Lipinski definition) is 3. The summed E-state index contributed by atoms with van der Waals surface area (Å²) in [6.45, 7) is 1.08. The Morgan fingerprint density at radius 1 is 0.930 bits per heavy atom. The molecule has 1 aliphatic carbocycles. The third-order valence-electron chi connectivity index (χ3n) is 8.35. The van der Waals surface area contributed by atoms with Crippen LogP contribution in [0.5, 0.6) is 0 Å². The van der Waals surface area contributed by atoms with Crippen molar-refractivity contribution in [1.29, 1.82) is 0 Å². The summed E-state index contributed by atoms with van der Waals surface area (Å²) in [6, 6.07) is 20.0. The van der Waals surface area contributed by atoms with Gasteiger partial charge in [-0.15, -0.1) is 0 Å². The average molecular weight is 645 g/mol. The molecular weight excluding hydrogens is 605 g/mol. The summed E-state index contributed by atoms with van der Waals surface area (Å²) < 4.78 is 27.4. The van der Waals surface area contributed by atoms with E-state index in [2.05, 4.69) is 10.6 Å². The van der Waals surface area contributed by atoms with E-state index in [1.54, 1.807) is 12.1 Å². The molecule has 3 aromatic rings. The molecule has 3 N–H and O–H groups in total. The van der Waals surface area contributed by atoms with Gasteiger partial charge in [-0.05, 0) is 91.1 Å². The van der Waals surface area contributed by atoms with E-state index in [9.17, 15) is 18.3 Å². The van der Waals surface area contributed by atoms with Gasteiger partial charge < -0.3 is 15.7 Å². The SMILES string of the molecule is O=C(N[C@@H](Cc1ccccc1)[C@H](O)CNCc1cc(Cl)cc(Cl)c1)c1cc(C2CCCC2)cc(N2CCCCS2(=O)=O)c1. The molecule has 0 aromatic heterocycles. The van der Waals surface area contributed by atoms with Crippen molar-refractivity contribution in [2.75, 3.05) is 23.1 Å². The number of amides is 1. The van der Waals surface area contributed by atoms with E-state index in [0.717, 1.165) is 48.8 Å². The Morgan fingerprint density at radius 2 is 1.65 bits per heavy atom. The van der Waals surface area contributed by atoms with Gasteiger partial charge in [-0.1, -0.05) is 66.4 Å². The fourth-order valence-electron chi connectivity index (χ4n) is 6.11. The Morgan fingerprint density at radius 3 is 2.35 bits per heavy atom. The Bertz CT molecular complexity index is 1490. The first-order valence-corrected chi connectivity index (χ1v) is 17.4. The van der Waals surface area contributed by atoms with Gasteiger partial charge in [-0.2, -0.15) is 0 Å². The number of aliphatic hydroxyl groups excluding tert-OH is 1. The van der Waals surface area contributed by atoms with Crippen LogP contribution in [0.15, 0.2) is 66.7 Å². The number of halogens is 2. The molecule has 1 heterocycles. The van der Waals surface area contributed by atoms with E-state index in [4.69, 9.17) is 23.2 Å². The molecule has 2 aliphatic rings. The maximum absolute atomic E-state index is 13.8. The van der Waals surface area contributed by atoms with Gasteiger partial charge >= 0.3 is 0 Å². The molecule has 3 aromatic carbocycles. The van der Waals surface area contributed by atoms with Crippen LogP contribution in [-0.2, 0) is 23.0 Å². The van der Waals surface area contributed by atoms with Crippen molar-refractivity contribution < 1.29 is 18.3 Å². The molecule has 230 valence electrons. The van der Waals surface area contributed by atoms with E-state index < -0.39 is 22.2 Å². The molecule has 10 heteroatoms. The third kappa shape index (κ3) is 8.52. The van der Waals surface area contributed by atoms with Crippen molar-refractivity contribution in [3.05, 3.63) is 99.0 Å². The second-order valence-electron chi connectivity index (χ2n) is 11.6. The number of anilines is 1. The largest absolute Gasteiger partial charge is 0.390 e. The highest BCUT2D eigenvalue weighted by Crippen LogP contribution is 2.37. The lowest BCUT2D eigenvalue weighted by Gasteiger charge is -2.30. The van der Waals surface area contributed by atoms with Crippen LogP contribution >= 0.6 is 23.2 Å². The highest BCUT2D eigenvalue weighted by Gasteiger charge is 2.29. The number of carbonyl (C=O) groups excluding carboxylic acids is 1. The van der Waals surface area contributed by atoms with Crippen LogP contribution in [0.3, 0.4) is 0 Å². The number of aliphatic hydroxyl groups is 1. The number of nitrogens with one attached hydrogen (secondary N) is 2. The highest BCUT2D eigenvalue weighted by molar-refractivity contribution is 7.92. The Kier molecular flexibility index (Phi) is 10.7. The molecule has 1 aliphatic heterocycles. The van der Waals surface area contributed by atoms with E-state index in [1.807, 2.05) is 54.6 Å². The topological polar surface area (TPSA) is 98.7 Å². The number of hydrogen-bond acceptors (Lipinski definition) is 5. The predicted octanol–water partition coefficient (Wildman–Crippen LogP) is 6.07. The van der Waals surface area contributed by atoms with Gasteiger partial charge in [-0.25, -0.2) is 8.42 Å². The summed E-state index contributed by atoms with van der Waals surface area (Å²) in [5, 5.41) is 18.7. The fraction of sp³-hybridized carbons (Fsp3) is 0.424. The average Bonchev–Trinajstić information content (AvgIpc) is 3.52. The van der Waals surface area contributed by atoms with Crippen LogP contribution in [0.25, 0.3) is 0 Å². The molecule has 1 amide bonds. The minimum atomic E-state index is -3.44. The first-order chi connectivity index (χ1) is 20.7. The van der Waals surface area contributed by atoms with Gasteiger partial charge in [0.2, 0.25) is 10.0 Å². The normalized spacial score (nSPS) is 18.3. The minimum absolute atomic E-state index is 0.113. The standard InChI is InChI=1S/C33H39Cl2N3O4S/c34-28-14-24(15-29(35)20-28)21-36-22-32(39)31(16-23-8-2-1-3-9-23)37-33(40)27-17-26(25-10-4-5-11-25)18-30(19-27)38-12-6-7-13-43(38,41)42/h1-3,8-9,14-15,17-20,25,31-32,36,39H,4-7,10-13,16,21-22H2,(H,37,40)/t31-,32+/m0/s1. The van der Waals surface area contributed by atoms with Crippen LogP contribution in [0.2, 0.25) is 10.0 Å². The van der Waals surface area contributed by atoms with Gasteiger partial charge in [0.05, 0.1) is 23.6 Å². The lowest BCUT2D eigenvalue weighted by molar-refractivity contribution is 0.0830. The van der Waals surface area contributed by atoms with Crippen molar-refractivity contribution in [2.45, 2.75) is 69.6 Å². The smallest absolute Gasteiger partial charge is 0.251 e. The molecule has 0 spiro atoms. The molecular formula is C33H39Cl2N3O4S. The van der Waals surface area contributed by atoms with E-state index in [0.29, 0.717) is 53.1 Å². The zero-order chi connectivity index (χ0) is 30.4. The molecule has 43 heavy (non-hydrogen) atoms. The maximum atomic E-state index is 13.8. The summed E-state index contributed by atoms with van der Waals surface area (Å²) in [7, 11) is -3.44. The van der Waals surface area contributed by atoms with Crippen molar-refractivity contribution >= 4 is 44.8 Å². The van der Waals surface area contributed by atoms with E-state index in [1.165, 1.54) is 4.31 Å². The second-order valence-corrected chi connectivity index (χ2v) is 14.5. The predicted molar refractivity (Wildman–Crippen MR) is 174 cm³/mol. The Balaban J connectivity index is 1.37. The number of sulfonamides is 1. The first-order valence-electron chi connectivity index (χ1n) is 15.0. The van der Waals surface area contributed by atoms with Crippen LogP contribution in [0, 0.1) is 0 Å². The number of carbonyl (C=O) groups is 1. The van der Waals surface area contributed by atoms with Crippen LogP contribution in [0.1, 0.15) is 71.5 Å². The van der Waals surface area contributed by atoms with Crippen molar-refractivity contribution in [3.63, 3.8) is 0 Å². The van der Waals surface area contributed by atoms with Crippen LogP contribution in [0.4, 0.5) is 5.69 Å². The van der Waals surface area contributed by atoms with Crippen molar-refractivity contribution in [1.82, 2.24) is 10.6 Å². The molecule has 7 nitrogen and oxygen atoms in total. The number of benzene rings is 3. The third-order valence-corrected chi connectivity index (χ3v) is 10.7. The second kappa shape index (κ2) is 14.4. The lowest BCUT2D eigenvalue weighted by atomic mass is 9.94. The zero-order valence-corrected chi connectivity index (χ0v) is 26.5. The van der Waals surface area contributed by atoms with Gasteiger partial charge in [0.1, 0.15) is 0 Å². The van der Waals surface area contributed by atoms with Gasteiger partial charge in [-0.3, -0.25) is 9.10 Å². The van der Waals surface area contributed by atoms with Gasteiger partial charge in [0.15, 0.2) is 0 Å². The maximum Gasteiger partial charge on any atom is 0.251 e. The van der Waals surface area contributed by atoms with Crippen LogP contribution < -0.4 is 14.9 Å². The zero-order valence-electron chi connectivity index (χ0n) is 24.1. The summed E-state index contributed by atoms with van der Waals surface area (Å²) in [4.78, 5) is 13.8. The Labute approximate surface area is 264 Å². The lowest BCUT2D eigenvalue weighted by Crippen LogP contribution is -2.48. The fourth-order valence-corrected chi connectivity index (χ4v) is 8.30. The molecule has 0 bridgehead atoms. The van der Waals surface area contributed by atoms with E-state index in [-0.39, 0.29) is 18.2 Å². The Hall–Kier alpha value is -2.62. The molecule has 2 fully saturated rings. The monoisotopic (exact) mass is 643 g/mol. The molecule has 0 unspecified atom stereocenters. The van der Waals surface area contributed by atoms with Gasteiger partial charge in [0, 0.05) is 35.2 Å². The summed E-state index contributed by atoms with van der Waals surface area (Å²) in [5.74, 6) is 0.0769. The highest BCUT2D eigenvalue weighted by atomic mass is 35.5. The van der Waals surface area contributed by atoms with Crippen LogP contribution in [-0.4, -0.2) is 50.4 Å².